The third-order valence-electron chi connectivity index (χ3n) is 7.06. The van der Waals surface area contributed by atoms with Crippen LogP contribution in [-0.2, 0) is 4.79 Å². The first-order chi connectivity index (χ1) is 14.1. The summed E-state index contributed by atoms with van der Waals surface area (Å²) in [6.45, 7) is 2.39. The van der Waals surface area contributed by atoms with E-state index in [4.69, 9.17) is 0 Å². The molecule has 29 heavy (non-hydrogen) atoms. The fraction of sp³-hybridized carbons (Fsp3) is 0.478. The first-order valence-corrected chi connectivity index (χ1v) is 11.3. The smallest absolute Gasteiger partial charge is 0.253 e. The van der Waals surface area contributed by atoms with Gasteiger partial charge in [0.05, 0.1) is 6.61 Å². The quantitative estimate of drug-likeness (QED) is 0.843. The summed E-state index contributed by atoms with van der Waals surface area (Å²) in [5, 5.41) is 12.2. The number of likely N-dealkylation sites (tertiary alicyclic amines) is 2. The SMILES string of the molecule is O=C(c1ccc(-c2cccs2)cc1)N1C[C@H]2CN(C(=O)C3CCC3)C[C@@]2(CO)C1. The molecule has 1 aliphatic carbocycles. The zero-order valence-corrected chi connectivity index (χ0v) is 17.2. The first kappa shape index (κ1) is 18.8. The van der Waals surface area contributed by atoms with E-state index in [1.54, 1.807) is 11.3 Å². The zero-order chi connectivity index (χ0) is 20.0. The Hall–Kier alpha value is -2.18. The van der Waals surface area contributed by atoms with E-state index in [9.17, 15) is 14.7 Å². The number of rotatable bonds is 4. The number of hydrogen-bond acceptors (Lipinski definition) is 4. The highest BCUT2D eigenvalue weighted by atomic mass is 32.1. The minimum Gasteiger partial charge on any atom is -0.396 e. The van der Waals surface area contributed by atoms with Gasteiger partial charge in [0.2, 0.25) is 5.91 Å². The lowest BCUT2D eigenvalue weighted by molar-refractivity contribution is -0.137. The molecule has 0 unspecified atom stereocenters. The number of fused-ring (bicyclic) bond motifs is 1. The largest absolute Gasteiger partial charge is 0.396 e. The van der Waals surface area contributed by atoms with Gasteiger partial charge in [-0.05, 0) is 42.0 Å². The fourth-order valence-corrected chi connectivity index (χ4v) is 5.78. The average molecular weight is 411 g/mol. The van der Waals surface area contributed by atoms with Crippen LogP contribution in [0.2, 0.25) is 0 Å². The van der Waals surface area contributed by atoms with Gasteiger partial charge >= 0.3 is 0 Å². The molecule has 0 bridgehead atoms. The van der Waals surface area contributed by atoms with E-state index in [2.05, 4.69) is 6.07 Å². The van der Waals surface area contributed by atoms with Crippen LogP contribution in [0, 0.1) is 17.3 Å². The van der Waals surface area contributed by atoms with Crippen molar-refractivity contribution in [2.45, 2.75) is 19.3 Å². The number of amides is 2. The highest BCUT2D eigenvalue weighted by Gasteiger charge is 2.54. The molecule has 5 nitrogen and oxygen atoms in total. The van der Waals surface area contributed by atoms with Gasteiger partial charge in [-0.1, -0.05) is 24.6 Å². The number of hydrogen-bond donors (Lipinski definition) is 1. The van der Waals surface area contributed by atoms with E-state index >= 15 is 0 Å². The van der Waals surface area contributed by atoms with Crippen LogP contribution in [0.25, 0.3) is 10.4 Å². The van der Waals surface area contributed by atoms with Crippen molar-refractivity contribution in [3.05, 3.63) is 47.3 Å². The van der Waals surface area contributed by atoms with Crippen LogP contribution in [0.3, 0.4) is 0 Å². The predicted molar refractivity (Wildman–Crippen MR) is 113 cm³/mol. The van der Waals surface area contributed by atoms with Gasteiger partial charge in [0.15, 0.2) is 0 Å². The van der Waals surface area contributed by atoms with Crippen LogP contribution < -0.4 is 0 Å². The van der Waals surface area contributed by atoms with Gasteiger partial charge in [-0.25, -0.2) is 0 Å². The maximum absolute atomic E-state index is 13.1. The summed E-state index contributed by atoms with van der Waals surface area (Å²) < 4.78 is 0. The van der Waals surface area contributed by atoms with E-state index in [1.165, 1.54) is 4.88 Å². The molecule has 2 amide bonds. The van der Waals surface area contributed by atoms with Crippen molar-refractivity contribution in [1.82, 2.24) is 9.80 Å². The third kappa shape index (κ3) is 3.19. The molecule has 3 fully saturated rings. The number of carbonyl (C=O) groups is 2. The minimum absolute atomic E-state index is 0.0156. The maximum Gasteiger partial charge on any atom is 0.253 e. The molecule has 2 aromatic rings. The molecule has 2 saturated heterocycles. The molecular weight excluding hydrogens is 384 g/mol. The third-order valence-corrected chi connectivity index (χ3v) is 7.98. The summed E-state index contributed by atoms with van der Waals surface area (Å²) in [5.74, 6) is 0.609. The van der Waals surface area contributed by atoms with Gasteiger partial charge in [0.25, 0.3) is 5.91 Å². The number of aliphatic hydroxyl groups is 1. The molecular formula is C23H26N2O3S. The van der Waals surface area contributed by atoms with Crippen LogP contribution in [0.4, 0.5) is 0 Å². The van der Waals surface area contributed by atoms with Crippen molar-refractivity contribution in [3.8, 4) is 10.4 Å². The Kier molecular flexibility index (Phi) is 4.71. The predicted octanol–water partition coefficient (Wildman–Crippen LogP) is 3.11. The van der Waals surface area contributed by atoms with Crippen molar-refractivity contribution in [1.29, 1.82) is 0 Å². The Balaban J connectivity index is 1.28. The second-order valence-corrected chi connectivity index (χ2v) is 9.75. The lowest BCUT2D eigenvalue weighted by Gasteiger charge is -2.32. The lowest BCUT2D eigenvalue weighted by Crippen LogP contribution is -2.43. The highest BCUT2D eigenvalue weighted by molar-refractivity contribution is 7.13. The molecule has 0 radical (unpaired) electrons. The number of thiophene rings is 1. The second kappa shape index (κ2) is 7.26. The van der Waals surface area contributed by atoms with Crippen LogP contribution >= 0.6 is 11.3 Å². The van der Waals surface area contributed by atoms with Crippen LogP contribution in [0.1, 0.15) is 29.6 Å². The molecule has 152 valence electrons. The van der Waals surface area contributed by atoms with E-state index in [0.717, 1.165) is 24.8 Å². The molecule has 5 rings (SSSR count). The number of nitrogens with zero attached hydrogens (tertiary/aromatic N) is 2. The molecule has 6 heteroatoms. The Labute approximate surface area is 174 Å². The lowest BCUT2D eigenvalue weighted by atomic mass is 9.82. The fourth-order valence-electron chi connectivity index (χ4n) is 5.04. The van der Waals surface area contributed by atoms with Crippen LogP contribution in [0.5, 0.6) is 0 Å². The Morgan fingerprint density at radius 2 is 1.79 bits per heavy atom. The van der Waals surface area contributed by atoms with Crippen molar-refractivity contribution >= 4 is 23.2 Å². The van der Waals surface area contributed by atoms with Crippen molar-refractivity contribution < 1.29 is 14.7 Å². The normalized spacial score (nSPS) is 26.4. The van der Waals surface area contributed by atoms with Gasteiger partial charge in [0, 0.05) is 53.9 Å². The summed E-state index contributed by atoms with van der Waals surface area (Å²) in [6.07, 6.45) is 3.14. The Morgan fingerprint density at radius 1 is 1.07 bits per heavy atom. The molecule has 1 saturated carbocycles. The summed E-state index contributed by atoms with van der Waals surface area (Å²) in [4.78, 5) is 30.7. The van der Waals surface area contributed by atoms with E-state index in [-0.39, 0.29) is 35.7 Å². The molecule has 2 atom stereocenters. The van der Waals surface area contributed by atoms with Gasteiger partial charge in [-0.15, -0.1) is 11.3 Å². The molecule has 3 aliphatic rings. The molecule has 2 aliphatic heterocycles. The summed E-state index contributed by atoms with van der Waals surface area (Å²) in [7, 11) is 0. The van der Waals surface area contributed by atoms with Gasteiger partial charge < -0.3 is 14.9 Å². The summed E-state index contributed by atoms with van der Waals surface area (Å²) in [5.41, 5.74) is 1.43. The monoisotopic (exact) mass is 410 g/mol. The summed E-state index contributed by atoms with van der Waals surface area (Å²) in [6, 6.07) is 11.9. The van der Waals surface area contributed by atoms with E-state index in [0.29, 0.717) is 31.7 Å². The second-order valence-electron chi connectivity index (χ2n) is 8.80. The van der Waals surface area contributed by atoms with E-state index < -0.39 is 0 Å². The standard InChI is InChI=1S/C23H26N2O3S/c26-15-23-13-24(21(27)17-3-1-4-17)11-19(23)12-25(14-23)22(28)18-8-6-16(7-9-18)20-5-2-10-29-20/h2,5-10,17,19,26H,1,3-4,11-15H2/t19-,23+/m1/s1. The van der Waals surface area contributed by atoms with Gasteiger partial charge in [-0.3, -0.25) is 9.59 Å². The van der Waals surface area contributed by atoms with Crippen LogP contribution in [-0.4, -0.2) is 59.5 Å². The maximum atomic E-state index is 13.1. The Morgan fingerprint density at radius 3 is 2.38 bits per heavy atom. The minimum atomic E-state index is -0.369. The highest BCUT2D eigenvalue weighted by Crippen LogP contribution is 2.44. The van der Waals surface area contributed by atoms with Crippen molar-refractivity contribution in [2.75, 3.05) is 32.8 Å². The molecule has 1 aromatic heterocycles. The van der Waals surface area contributed by atoms with Crippen molar-refractivity contribution in [2.24, 2.45) is 17.3 Å². The van der Waals surface area contributed by atoms with Gasteiger partial charge in [0.1, 0.15) is 0 Å². The molecule has 1 N–H and O–H groups in total. The topological polar surface area (TPSA) is 60.9 Å². The average Bonchev–Trinajstić information content (AvgIpc) is 3.40. The number of aliphatic hydroxyl groups excluding tert-OH is 1. The van der Waals surface area contributed by atoms with Crippen molar-refractivity contribution in [3.63, 3.8) is 0 Å². The Bertz CT molecular complexity index is 907. The number of benzene rings is 1. The molecule has 1 aromatic carbocycles. The molecule has 3 heterocycles. The first-order valence-electron chi connectivity index (χ1n) is 10.4. The summed E-state index contributed by atoms with van der Waals surface area (Å²) >= 11 is 1.68. The molecule has 0 spiro atoms. The zero-order valence-electron chi connectivity index (χ0n) is 16.4. The van der Waals surface area contributed by atoms with Crippen LogP contribution in [0.15, 0.2) is 41.8 Å². The number of carbonyl (C=O) groups excluding carboxylic acids is 2. The van der Waals surface area contributed by atoms with E-state index in [1.807, 2.05) is 45.5 Å². The van der Waals surface area contributed by atoms with Gasteiger partial charge in [-0.2, -0.15) is 0 Å².